The maximum atomic E-state index is 6.34. The minimum atomic E-state index is 0.114. The molecule has 1 aromatic rings. The molecular formula is C14H18ClNO2. The number of halogens is 1. The first-order valence-corrected chi connectivity index (χ1v) is 6.92. The smallest absolute Gasteiger partial charge is 0.141 e. The third kappa shape index (κ3) is 2.11. The van der Waals surface area contributed by atoms with Gasteiger partial charge in [-0.3, -0.25) is 0 Å². The molecule has 4 heteroatoms. The molecule has 3 rings (SSSR count). The molecule has 0 bridgehead atoms. The summed E-state index contributed by atoms with van der Waals surface area (Å²) in [6, 6.07) is 2.01. The first-order chi connectivity index (χ1) is 8.77. The highest BCUT2D eigenvalue weighted by atomic mass is 35.5. The molecule has 1 fully saturated rings. The van der Waals surface area contributed by atoms with Crippen LogP contribution in [0.25, 0.3) is 0 Å². The van der Waals surface area contributed by atoms with Gasteiger partial charge in [-0.1, -0.05) is 11.6 Å². The molecular weight excluding hydrogens is 250 g/mol. The lowest BCUT2D eigenvalue weighted by Gasteiger charge is -2.28. The van der Waals surface area contributed by atoms with Gasteiger partial charge in [0.15, 0.2) is 0 Å². The van der Waals surface area contributed by atoms with Gasteiger partial charge in [-0.05, 0) is 42.5 Å². The summed E-state index contributed by atoms with van der Waals surface area (Å²) in [6.07, 6.45) is 2.23. The number of nitrogens with one attached hydrogen (secondary N) is 1. The number of hydrogen-bond donors (Lipinski definition) is 1. The average molecular weight is 268 g/mol. The minimum absolute atomic E-state index is 0.114. The fourth-order valence-electron chi connectivity index (χ4n) is 2.78. The van der Waals surface area contributed by atoms with Crippen LogP contribution >= 0.6 is 11.6 Å². The molecule has 0 amide bonds. The lowest BCUT2D eigenvalue weighted by Crippen LogP contribution is -2.33. The summed E-state index contributed by atoms with van der Waals surface area (Å²) in [5.74, 6) is 0.882. The van der Waals surface area contributed by atoms with Crippen molar-refractivity contribution in [1.82, 2.24) is 5.32 Å². The van der Waals surface area contributed by atoms with E-state index in [0.717, 1.165) is 49.9 Å². The normalized spacial score (nSPS) is 23.3. The van der Waals surface area contributed by atoms with Crippen molar-refractivity contribution < 1.29 is 9.47 Å². The highest BCUT2D eigenvalue weighted by molar-refractivity contribution is 6.32. The quantitative estimate of drug-likeness (QED) is 0.849. The molecule has 1 atom stereocenters. The van der Waals surface area contributed by atoms with E-state index in [1.807, 2.05) is 6.07 Å². The summed E-state index contributed by atoms with van der Waals surface area (Å²) >= 11 is 6.34. The van der Waals surface area contributed by atoms with Gasteiger partial charge in [0.2, 0.25) is 0 Å². The van der Waals surface area contributed by atoms with Crippen molar-refractivity contribution in [3.63, 3.8) is 0 Å². The van der Waals surface area contributed by atoms with Gasteiger partial charge in [0.1, 0.15) is 5.75 Å². The van der Waals surface area contributed by atoms with Crippen molar-refractivity contribution in [3.05, 3.63) is 27.8 Å². The van der Waals surface area contributed by atoms with Crippen LogP contribution in [0, 0.1) is 6.92 Å². The van der Waals surface area contributed by atoms with E-state index < -0.39 is 0 Å². The molecule has 2 heterocycles. The number of hydrogen-bond acceptors (Lipinski definition) is 3. The lowest BCUT2D eigenvalue weighted by molar-refractivity contribution is 0.0272. The van der Waals surface area contributed by atoms with E-state index in [9.17, 15) is 0 Å². The van der Waals surface area contributed by atoms with E-state index in [1.54, 1.807) is 0 Å². The van der Waals surface area contributed by atoms with Crippen molar-refractivity contribution in [2.24, 2.45) is 0 Å². The molecule has 2 aliphatic heterocycles. The highest BCUT2D eigenvalue weighted by Gasteiger charge is 2.24. The van der Waals surface area contributed by atoms with Gasteiger partial charge in [0, 0.05) is 13.1 Å². The largest absolute Gasteiger partial charge is 0.492 e. The van der Waals surface area contributed by atoms with Crippen LogP contribution in [0.5, 0.6) is 5.75 Å². The Morgan fingerprint density at radius 3 is 3.06 bits per heavy atom. The molecule has 1 unspecified atom stereocenters. The summed E-state index contributed by atoms with van der Waals surface area (Å²) in [6.45, 7) is 5.47. The molecule has 98 valence electrons. The molecule has 1 N–H and O–H groups in total. The van der Waals surface area contributed by atoms with Crippen LogP contribution in [0.15, 0.2) is 6.07 Å². The van der Waals surface area contributed by atoms with Crippen LogP contribution in [0.3, 0.4) is 0 Å². The second-order valence-corrected chi connectivity index (χ2v) is 5.30. The molecule has 2 aliphatic rings. The van der Waals surface area contributed by atoms with E-state index in [0.29, 0.717) is 0 Å². The zero-order valence-electron chi connectivity index (χ0n) is 10.6. The van der Waals surface area contributed by atoms with Crippen molar-refractivity contribution >= 4 is 11.6 Å². The Kier molecular flexibility index (Phi) is 3.46. The molecule has 0 aliphatic carbocycles. The Balaban J connectivity index is 2.01. The maximum absolute atomic E-state index is 6.34. The van der Waals surface area contributed by atoms with E-state index in [2.05, 4.69) is 12.2 Å². The Morgan fingerprint density at radius 2 is 2.28 bits per heavy atom. The molecule has 0 spiro atoms. The van der Waals surface area contributed by atoms with Gasteiger partial charge < -0.3 is 14.8 Å². The predicted molar refractivity (Wildman–Crippen MR) is 71.6 cm³/mol. The van der Waals surface area contributed by atoms with E-state index in [1.165, 1.54) is 16.7 Å². The molecule has 18 heavy (non-hydrogen) atoms. The topological polar surface area (TPSA) is 30.5 Å². The summed E-state index contributed by atoms with van der Waals surface area (Å²) < 4.78 is 11.5. The Bertz CT molecular complexity index is 456. The third-order valence-electron chi connectivity index (χ3n) is 3.75. The van der Waals surface area contributed by atoms with E-state index in [-0.39, 0.29) is 6.10 Å². The fourth-order valence-corrected chi connectivity index (χ4v) is 3.07. The van der Waals surface area contributed by atoms with Crippen LogP contribution in [0.1, 0.15) is 29.2 Å². The second kappa shape index (κ2) is 5.08. The molecule has 1 aromatic carbocycles. The van der Waals surface area contributed by atoms with Crippen LogP contribution in [0.2, 0.25) is 5.02 Å². The first-order valence-electron chi connectivity index (χ1n) is 6.54. The second-order valence-electron chi connectivity index (χ2n) is 4.90. The van der Waals surface area contributed by atoms with Crippen LogP contribution < -0.4 is 10.1 Å². The van der Waals surface area contributed by atoms with Gasteiger partial charge in [0.05, 0.1) is 24.3 Å². The predicted octanol–water partition coefficient (Wildman–Crippen LogP) is 2.63. The van der Waals surface area contributed by atoms with E-state index in [4.69, 9.17) is 21.1 Å². The lowest BCUT2D eigenvalue weighted by atomic mass is 9.93. The Morgan fingerprint density at radius 1 is 1.39 bits per heavy atom. The first kappa shape index (κ1) is 12.3. The number of ether oxygens (including phenoxy) is 2. The fraction of sp³-hybridized carbons (Fsp3) is 0.571. The van der Waals surface area contributed by atoms with Gasteiger partial charge in [-0.25, -0.2) is 0 Å². The standard InChI is InChI=1S/C14H18ClNO2/c1-9-10-3-2-5-18-14(10)12(15)7-11(9)13-8-16-4-6-17-13/h7,13,16H,2-6,8H2,1H3. The maximum Gasteiger partial charge on any atom is 0.141 e. The number of rotatable bonds is 1. The summed E-state index contributed by atoms with van der Waals surface area (Å²) in [4.78, 5) is 0. The summed E-state index contributed by atoms with van der Waals surface area (Å²) in [5.41, 5.74) is 3.75. The molecule has 1 saturated heterocycles. The van der Waals surface area contributed by atoms with Gasteiger partial charge >= 0.3 is 0 Å². The van der Waals surface area contributed by atoms with Crippen molar-refractivity contribution in [2.75, 3.05) is 26.3 Å². The summed E-state index contributed by atoms with van der Waals surface area (Å²) in [5, 5.41) is 4.08. The number of benzene rings is 1. The monoisotopic (exact) mass is 267 g/mol. The van der Waals surface area contributed by atoms with Gasteiger partial charge in [-0.15, -0.1) is 0 Å². The SMILES string of the molecule is Cc1c(C2CNCCO2)cc(Cl)c2c1CCCO2. The Hall–Kier alpha value is -0.770. The summed E-state index contributed by atoms with van der Waals surface area (Å²) in [7, 11) is 0. The van der Waals surface area contributed by atoms with Crippen LogP contribution in [-0.2, 0) is 11.2 Å². The van der Waals surface area contributed by atoms with E-state index >= 15 is 0 Å². The van der Waals surface area contributed by atoms with Crippen molar-refractivity contribution in [1.29, 1.82) is 0 Å². The Labute approximate surface area is 112 Å². The molecule has 3 nitrogen and oxygen atoms in total. The van der Waals surface area contributed by atoms with Gasteiger partial charge in [-0.2, -0.15) is 0 Å². The zero-order valence-corrected chi connectivity index (χ0v) is 11.3. The third-order valence-corrected chi connectivity index (χ3v) is 4.03. The average Bonchev–Trinajstić information content (AvgIpc) is 2.44. The molecule has 0 aromatic heterocycles. The minimum Gasteiger partial charge on any atom is -0.492 e. The number of fused-ring (bicyclic) bond motifs is 1. The van der Waals surface area contributed by atoms with Gasteiger partial charge in [0.25, 0.3) is 0 Å². The van der Waals surface area contributed by atoms with Crippen LogP contribution in [-0.4, -0.2) is 26.3 Å². The molecule has 0 radical (unpaired) electrons. The van der Waals surface area contributed by atoms with Crippen LogP contribution in [0.4, 0.5) is 0 Å². The highest BCUT2D eigenvalue weighted by Crippen LogP contribution is 2.39. The number of morpholine rings is 1. The zero-order chi connectivity index (χ0) is 12.5. The molecule has 0 saturated carbocycles. The van der Waals surface area contributed by atoms with Crippen molar-refractivity contribution in [2.45, 2.75) is 25.9 Å². The van der Waals surface area contributed by atoms with Crippen molar-refractivity contribution in [3.8, 4) is 5.75 Å².